The van der Waals surface area contributed by atoms with Gasteiger partial charge in [-0.05, 0) is 24.3 Å². The first kappa shape index (κ1) is 8.85. The molecule has 1 aromatic rings. The van der Waals surface area contributed by atoms with Gasteiger partial charge < -0.3 is 5.32 Å². The number of halogens is 3. The Labute approximate surface area is 85.2 Å². The number of fused-ring (bicyclic) bond motifs is 1. The molecule has 0 radical (unpaired) electrons. The van der Waals surface area contributed by atoms with Crippen molar-refractivity contribution in [3.05, 3.63) is 35.7 Å². The first-order valence-corrected chi connectivity index (χ1v) is 4.56. The number of nitrogens with one attached hydrogen (secondary N) is 1. The van der Waals surface area contributed by atoms with Gasteiger partial charge in [0.1, 0.15) is 11.3 Å². The molecule has 1 aromatic carbocycles. The van der Waals surface area contributed by atoms with E-state index in [2.05, 4.69) is 5.32 Å². The van der Waals surface area contributed by atoms with E-state index in [1.54, 1.807) is 12.1 Å². The van der Waals surface area contributed by atoms with Crippen LogP contribution in [0.4, 0.5) is 10.1 Å². The molecule has 68 valence electrons. The van der Waals surface area contributed by atoms with E-state index >= 15 is 0 Å². The second-order valence-corrected chi connectivity index (χ2v) is 3.63. The van der Waals surface area contributed by atoms with Crippen LogP contribution in [0.3, 0.4) is 0 Å². The molecule has 0 fully saturated rings. The quantitative estimate of drug-likeness (QED) is 0.519. The summed E-state index contributed by atoms with van der Waals surface area (Å²) in [6.45, 7) is 0. The van der Waals surface area contributed by atoms with Crippen molar-refractivity contribution in [2.75, 3.05) is 5.32 Å². The van der Waals surface area contributed by atoms with Crippen LogP contribution in [-0.4, -0.2) is 5.50 Å². The minimum atomic E-state index is -0.328. The van der Waals surface area contributed by atoms with Gasteiger partial charge in [0, 0.05) is 16.3 Å². The van der Waals surface area contributed by atoms with Gasteiger partial charge in [-0.15, -0.1) is 0 Å². The molecule has 0 aromatic heterocycles. The highest BCUT2D eigenvalue weighted by Crippen LogP contribution is 2.33. The third-order valence-electron chi connectivity index (χ3n) is 1.82. The highest BCUT2D eigenvalue weighted by molar-refractivity contribution is 6.50. The van der Waals surface area contributed by atoms with Crippen LogP contribution in [0.5, 0.6) is 0 Å². The second-order valence-electron chi connectivity index (χ2n) is 2.75. The highest BCUT2D eigenvalue weighted by Gasteiger charge is 2.15. The third kappa shape index (κ3) is 1.64. The van der Waals surface area contributed by atoms with E-state index < -0.39 is 0 Å². The summed E-state index contributed by atoms with van der Waals surface area (Å²) in [6.07, 6.45) is 1.63. The standard InChI is InChI=1S/C9H6Cl2FN/c10-7-4-9(11)13-8-2-1-5(12)3-6(7)8/h1-4,9,13H. The van der Waals surface area contributed by atoms with Crippen molar-refractivity contribution in [3.8, 4) is 0 Å². The van der Waals surface area contributed by atoms with Gasteiger partial charge in [0.2, 0.25) is 0 Å². The van der Waals surface area contributed by atoms with Crippen LogP contribution in [0, 0.1) is 5.82 Å². The van der Waals surface area contributed by atoms with Crippen molar-refractivity contribution in [2.24, 2.45) is 0 Å². The Bertz CT molecular complexity index is 376. The molecule has 1 aliphatic heterocycles. The van der Waals surface area contributed by atoms with Gasteiger partial charge in [0.25, 0.3) is 0 Å². The lowest BCUT2D eigenvalue weighted by Gasteiger charge is -2.19. The van der Waals surface area contributed by atoms with Crippen molar-refractivity contribution in [2.45, 2.75) is 5.50 Å². The highest BCUT2D eigenvalue weighted by atomic mass is 35.5. The molecule has 2 rings (SSSR count). The van der Waals surface area contributed by atoms with Crippen molar-refractivity contribution in [3.63, 3.8) is 0 Å². The molecule has 1 N–H and O–H groups in total. The first-order valence-electron chi connectivity index (χ1n) is 3.74. The lowest BCUT2D eigenvalue weighted by Crippen LogP contribution is -2.14. The number of anilines is 1. The van der Waals surface area contributed by atoms with Crippen LogP contribution in [0.25, 0.3) is 5.03 Å². The molecule has 0 saturated heterocycles. The largest absolute Gasteiger partial charge is 0.365 e. The second kappa shape index (κ2) is 3.20. The Morgan fingerprint density at radius 1 is 1.38 bits per heavy atom. The fraction of sp³-hybridized carbons (Fsp3) is 0.111. The molecule has 1 unspecified atom stereocenters. The van der Waals surface area contributed by atoms with Gasteiger partial charge >= 0.3 is 0 Å². The lowest BCUT2D eigenvalue weighted by molar-refractivity contribution is 0.627. The van der Waals surface area contributed by atoms with Gasteiger partial charge in [0.05, 0.1) is 0 Å². The summed E-state index contributed by atoms with van der Waals surface area (Å²) in [5, 5.41) is 3.44. The number of benzene rings is 1. The summed E-state index contributed by atoms with van der Waals surface area (Å²) >= 11 is 11.7. The molecule has 0 aliphatic carbocycles. The van der Waals surface area contributed by atoms with Crippen LogP contribution in [0.2, 0.25) is 0 Å². The monoisotopic (exact) mass is 217 g/mol. The maximum absolute atomic E-state index is 12.8. The average Bonchev–Trinajstić information content (AvgIpc) is 2.06. The predicted molar refractivity (Wildman–Crippen MR) is 53.5 cm³/mol. The van der Waals surface area contributed by atoms with Crippen molar-refractivity contribution >= 4 is 33.9 Å². The summed E-state index contributed by atoms with van der Waals surface area (Å²) in [6, 6.07) is 4.37. The molecule has 0 amide bonds. The number of rotatable bonds is 0. The fourth-order valence-corrected chi connectivity index (χ4v) is 1.84. The van der Waals surface area contributed by atoms with E-state index in [1.807, 2.05) is 0 Å². The summed E-state index contributed by atoms with van der Waals surface area (Å²) < 4.78 is 12.8. The average molecular weight is 218 g/mol. The molecular formula is C9H6Cl2FN. The predicted octanol–water partition coefficient (Wildman–Crippen LogP) is 3.40. The zero-order valence-corrected chi connectivity index (χ0v) is 8.03. The molecule has 13 heavy (non-hydrogen) atoms. The van der Waals surface area contributed by atoms with Crippen LogP contribution in [0.1, 0.15) is 5.56 Å². The van der Waals surface area contributed by atoms with Gasteiger partial charge in [-0.1, -0.05) is 23.2 Å². The molecule has 0 saturated carbocycles. The fourth-order valence-electron chi connectivity index (χ4n) is 1.25. The van der Waals surface area contributed by atoms with Crippen molar-refractivity contribution in [1.29, 1.82) is 0 Å². The normalized spacial score (nSPS) is 20.2. The molecule has 1 aliphatic rings. The van der Waals surface area contributed by atoms with Gasteiger partial charge in [-0.25, -0.2) is 4.39 Å². The van der Waals surface area contributed by atoms with Crippen LogP contribution in [0.15, 0.2) is 24.3 Å². The number of hydrogen-bond donors (Lipinski definition) is 1. The third-order valence-corrected chi connectivity index (χ3v) is 2.39. The summed E-state index contributed by atoms with van der Waals surface area (Å²) in [5.41, 5.74) is 1.08. The Kier molecular flexibility index (Phi) is 2.18. The van der Waals surface area contributed by atoms with Crippen LogP contribution < -0.4 is 5.32 Å². The summed E-state index contributed by atoms with van der Waals surface area (Å²) in [7, 11) is 0. The van der Waals surface area contributed by atoms with Crippen LogP contribution >= 0.6 is 23.2 Å². The summed E-state index contributed by atoms with van der Waals surface area (Å²) in [4.78, 5) is 0. The topological polar surface area (TPSA) is 12.0 Å². The molecular weight excluding hydrogens is 212 g/mol. The zero-order valence-electron chi connectivity index (χ0n) is 6.52. The van der Waals surface area contributed by atoms with E-state index in [1.165, 1.54) is 12.1 Å². The molecule has 1 atom stereocenters. The van der Waals surface area contributed by atoms with Gasteiger partial charge in [-0.3, -0.25) is 0 Å². The Morgan fingerprint density at radius 3 is 2.92 bits per heavy atom. The first-order chi connectivity index (χ1) is 6.16. The van der Waals surface area contributed by atoms with E-state index in [-0.39, 0.29) is 11.3 Å². The van der Waals surface area contributed by atoms with Crippen molar-refractivity contribution in [1.82, 2.24) is 0 Å². The molecule has 1 nitrogen and oxygen atoms in total. The maximum Gasteiger partial charge on any atom is 0.124 e. The molecule has 1 heterocycles. The van der Waals surface area contributed by atoms with Gasteiger partial charge in [-0.2, -0.15) is 0 Å². The summed E-state index contributed by atoms with van der Waals surface area (Å²) in [5.74, 6) is -0.305. The minimum Gasteiger partial charge on any atom is -0.365 e. The zero-order chi connectivity index (χ0) is 9.42. The number of alkyl halides is 1. The SMILES string of the molecule is Fc1ccc2c(c1)C(Cl)=CC(Cl)N2. The smallest absolute Gasteiger partial charge is 0.124 e. The molecule has 0 spiro atoms. The lowest BCUT2D eigenvalue weighted by atomic mass is 10.1. The van der Waals surface area contributed by atoms with Crippen LogP contribution in [-0.2, 0) is 0 Å². The Hall–Kier alpha value is -0.730. The van der Waals surface area contributed by atoms with E-state index in [0.29, 0.717) is 10.6 Å². The molecule has 0 bridgehead atoms. The van der Waals surface area contributed by atoms with E-state index in [0.717, 1.165) is 5.69 Å². The number of hydrogen-bond acceptors (Lipinski definition) is 1. The molecule has 4 heteroatoms. The maximum atomic E-state index is 12.8. The van der Waals surface area contributed by atoms with Crippen molar-refractivity contribution < 1.29 is 4.39 Å². The Balaban J connectivity index is 2.54. The van der Waals surface area contributed by atoms with E-state index in [4.69, 9.17) is 23.2 Å². The Morgan fingerprint density at radius 2 is 2.15 bits per heavy atom. The van der Waals surface area contributed by atoms with Gasteiger partial charge in [0.15, 0.2) is 0 Å². The minimum absolute atomic E-state index is 0.305. The van der Waals surface area contributed by atoms with E-state index in [9.17, 15) is 4.39 Å².